The van der Waals surface area contributed by atoms with Gasteiger partial charge in [0, 0.05) is 20.1 Å². The zero-order valence-corrected chi connectivity index (χ0v) is 18.4. The van der Waals surface area contributed by atoms with Gasteiger partial charge >= 0.3 is 0 Å². The lowest BCUT2D eigenvalue weighted by Gasteiger charge is -2.34. The minimum Gasteiger partial charge on any atom is -0.368 e. The van der Waals surface area contributed by atoms with Crippen molar-refractivity contribution in [2.75, 3.05) is 31.6 Å². The third kappa shape index (κ3) is 4.12. The van der Waals surface area contributed by atoms with Crippen LogP contribution in [0.2, 0.25) is 0 Å². The molecule has 1 aromatic carbocycles. The Morgan fingerprint density at radius 3 is 2.44 bits per heavy atom. The molecule has 2 fully saturated rings. The van der Waals surface area contributed by atoms with Crippen molar-refractivity contribution in [3.63, 3.8) is 0 Å². The number of rotatable bonds is 6. The quantitative estimate of drug-likeness (QED) is 0.675. The van der Waals surface area contributed by atoms with E-state index in [1.165, 1.54) is 0 Å². The predicted molar refractivity (Wildman–Crippen MR) is 120 cm³/mol. The smallest absolute Gasteiger partial charge is 0.241 e. The monoisotopic (exact) mass is 446 g/mol. The molecule has 9 heteroatoms. The summed E-state index contributed by atoms with van der Waals surface area (Å²) in [6.07, 6.45) is 1.77. The van der Waals surface area contributed by atoms with E-state index in [9.17, 15) is 20.1 Å². The summed E-state index contributed by atoms with van der Waals surface area (Å²) in [6, 6.07) is 13.6. The SMILES string of the molecule is CN1CCN(c2nc(SC(C(N)=O)c3ccccc3)c(C#N)c(C3CC3)c2C#N)CC1=O. The summed E-state index contributed by atoms with van der Waals surface area (Å²) in [5.74, 6) is -0.103. The highest BCUT2D eigenvalue weighted by Gasteiger charge is 2.36. The third-order valence-corrected chi connectivity index (χ3v) is 7.00. The van der Waals surface area contributed by atoms with E-state index in [1.54, 1.807) is 29.0 Å². The van der Waals surface area contributed by atoms with Crippen molar-refractivity contribution in [3.8, 4) is 12.1 Å². The van der Waals surface area contributed by atoms with Gasteiger partial charge in [-0.05, 0) is 29.9 Å². The molecule has 1 atom stereocenters. The van der Waals surface area contributed by atoms with Crippen LogP contribution in [0.4, 0.5) is 5.82 Å². The Hall–Kier alpha value is -3.56. The van der Waals surface area contributed by atoms with Gasteiger partial charge in [0.1, 0.15) is 28.2 Å². The zero-order valence-electron chi connectivity index (χ0n) is 17.6. The van der Waals surface area contributed by atoms with E-state index in [0.717, 1.165) is 24.6 Å². The lowest BCUT2D eigenvalue weighted by Crippen LogP contribution is -2.49. The number of nitrogens with two attached hydrogens (primary N) is 1. The Kier molecular flexibility index (Phi) is 6.02. The number of primary amides is 1. The van der Waals surface area contributed by atoms with E-state index in [0.29, 0.717) is 46.2 Å². The number of likely N-dealkylation sites (N-methyl/N-ethyl adjacent to an activating group) is 1. The van der Waals surface area contributed by atoms with Gasteiger partial charge in [0.15, 0.2) is 0 Å². The molecule has 2 aliphatic rings. The van der Waals surface area contributed by atoms with Gasteiger partial charge in [0.2, 0.25) is 11.8 Å². The highest BCUT2D eigenvalue weighted by Crippen LogP contribution is 2.48. The minimum atomic E-state index is -0.738. The highest BCUT2D eigenvalue weighted by atomic mass is 32.2. The number of amides is 2. The first-order valence-corrected chi connectivity index (χ1v) is 11.2. The van der Waals surface area contributed by atoms with Crippen LogP contribution in [0.1, 0.15) is 46.3 Å². The van der Waals surface area contributed by atoms with Crippen molar-refractivity contribution in [2.45, 2.75) is 29.0 Å². The summed E-state index contributed by atoms with van der Waals surface area (Å²) in [6.45, 7) is 1.15. The second kappa shape index (κ2) is 8.89. The molecule has 2 N–H and O–H groups in total. The number of hydrogen-bond acceptors (Lipinski definition) is 7. The van der Waals surface area contributed by atoms with Crippen molar-refractivity contribution in [1.82, 2.24) is 9.88 Å². The molecule has 4 rings (SSSR count). The fourth-order valence-electron chi connectivity index (χ4n) is 3.85. The van der Waals surface area contributed by atoms with E-state index in [4.69, 9.17) is 5.73 Å². The third-order valence-electron chi connectivity index (χ3n) is 5.74. The maximum atomic E-state index is 12.3. The molecular formula is C23H22N6O2S. The van der Waals surface area contributed by atoms with Crippen molar-refractivity contribution < 1.29 is 9.59 Å². The number of benzene rings is 1. The first kappa shape index (κ1) is 21.7. The first-order valence-electron chi connectivity index (χ1n) is 10.3. The van der Waals surface area contributed by atoms with Gasteiger partial charge in [-0.15, -0.1) is 0 Å². The number of aromatic nitrogens is 1. The molecule has 2 heterocycles. The van der Waals surface area contributed by atoms with Gasteiger partial charge in [-0.3, -0.25) is 9.59 Å². The maximum Gasteiger partial charge on any atom is 0.241 e. The Morgan fingerprint density at radius 2 is 1.88 bits per heavy atom. The molecule has 1 aliphatic carbocycles. The summed E-state index contributed by atoms with van der Waals surface area (Å²) in [7, 11) is 1.74. The van der Waals surface area contributed by atoms with E-state index in [1.807, 2.05) is 18.2 Å². The maximum absolute atomic E-state index is 12.3. The normalized spacial score (nSPS) is 16.9. The van der Waals surface area contributed by atoms with E-state index >= 15 is 0 Å². The van der Waals surface area contributed by atoms with Crippen LogP contribution in [0, 0.1) is 22.7 Å². The molecule has 8 nitrogen and oxygen atoms in total. The molecule has 1 saturated carbocycles. The molecule has 1 aromatic heterocycles. The van der Waals surface area contributed by atoms with E-state index in [-0.39, 0.29) is 18.4 Å². The standard InChI is InChI=1S/C23H22N6O2S/c1-28-9-10-29(13-18(28)30)22-16(11-24)19(14-7-8-14)17(12-25)23(27-22)32-20(21(26)31)15-5-3-2-4-6-15/h2-6,14,20H,7-10,13H2,1H3,(H2,26,31). The zero-order chi connectivity index (χ0) is 22.8. The number of carbonyl (C=O) groups is 2. The number of carbonyl (C=O) groups excluding carboxylic acids is 2. The summed E-state index contributed by atoms with van der Waals surface area (Å²) in [5, 5.41) is 19.6. The minimum absolute atomic E-state index is 0.0622. The molecule has 1 saturated heterocycles. The predicted octanol–water partition coefficient (Wildman–Crippen LogP) is 2.30. The number of nitriles is 2. The van der Waals surface area contributed by atoms with E-state index < -0.39 is 11.2 Å². The van der Waals surface area contributed by atoms with Gasteiger partial charge in [0.25, 0.3) is 0 Å². The molecule has 0 spiro atoms. The Balaban J connectivity index is 1.84. The van der Waals surface area contributed by atoms with Gasteiger partial charge in [0.05, 0.1) is 17.7 Å². The van der Waals surface area contributed by atoms with Crippen LogP contribution >= 0.6 is 11.8 Å². The summed E-state index contributed by atoms with van der Waals surface area (Å²) < 4.78 is 0. The topological polar surface area (TPSA) is 127 Å². The summed E-state index contributed by atoms with van der Waals surface area (Å²) in [5.41, 5.74) is 7.76. The molecule has 1 aliphatic heterocycles. The van der Waals surface area contributed by atoms with Gasteiger partial charge in [-0.25, -0.2) is 4.98 Å². The number of thioether (sulfide) groups is 1. The molecule has 0 radical (unpaired) electrons. The average molecular weight is 447 g/mol. The number of nitrogens with zero attached hydrogens (tertiary/aromatic N) is 5. The highest BCUT2D eigenvalue weighted by molar-refractivity contribution is 8.00. The summed E-state index contributed by atoms with van der Waals surface area (Å²) in [4.78, 5) is 32.7. The molecule has 0 bridgehead atoms. The second-order valence-corrected chi connectivity index (χ2v) is 9.04. The number of pyridine rings is 1. The van der Waals surface area contributed by atoms with E-state index in [2.05, 4.69) is 17.1 Å². The van der Waals surface area contributed by atoms with Gasteiger partial charge < -0.3 is 15.5 Å². The fourth-order valence-corrected chi connectivity index (χ4v) is 4.90. The number of piperazine rings is 1. The van der Waals surface area contributed by atoms with Crippen molar-refractivity contribution in [1.29, 1.82) is 10.5 Å². The Labute approximate surface area is 190 Å². The first-order chi connectivity index (χ1) is 15.4. The summed E-state index contributed by atoms with van der Waals surface area (Å²) >= 11 is 1.12. The molecular weight excluding hydrogens is 424 g/mol. The lowest BCUT2D eigenvalue weighted by molar-refractivity contribution is -0.129. The molecule has 32 heavy (non-hydrogen) atoms. The van der Waals surface area contributed by atoms with Crippen molar-refractivity contribution in [3.05, 3.63) is 52.6 Å². The fraction of sp³-hybridized carbons (Fsp3) is 0.348. The molecule has 162 valence electrons. The molecule has 1 unspecified atom stereocenters. The van der Waals surface area contributed by atoms with Crippen LogP contribution in [0.15, 0.2) is 35.4 Å². The van der Waals surface area contributed by atoms with Crippen LogP contribution in [-0.2, 0) is 9.59 Å². The van der Waals surface area contributed by atoms with Crippen molar-refractivity contribution >= 4 is 29.4 Å². The molecule has 2 aromatic rings. The van der Waals surface area contributed by atoms with Gasteiger partial charge in [-0.1, -0.05) is 42.1 Å². The lowest BCUT2D eigenvalue weighted by atomic mass is 9.99. The van der Waals surface area contributed by atoms with Crippen LogP contribution < -0.4 is 10.6 Å². The number of anilines is 1. The molecule has 2 amide bonds. The largest absolute Gasteiger partial charge is 0.368 e. The van der Waals surface area contributed by atoms with Gasteiger partial charge in [-0.2, -0.15) is 10.5 Å². The van der Waals surface area contributed by atoms with Crippen LogP contribution in [0.5, 0.6) is 0 Å². The second-order valence-electron chi connectivity index (χ2n) is 7.95. The van der Waals surface area contributed by atoms with Crippen LogP contribution in [0.25, 0.3) is 0 Å². The van der Waals surface area contributed by atoms with Crippen molar-refractivity contribution in [2.24, 2.45) is 5.73 Å². The Bertz CT molecular complexity index is 1150. The van der Waals surface area contributed by atoms with Crippen LogP contribution in [0.3, 0.4) is 0 Å². The Morgan fingerprint density at radius 1 is 1.19 bits per heavy atom. The van der Waals surface area contributed by atoms with Crippen LogP contribution in [-0.4, -0.2) is 48.4 Å². The number of hydrogen-bond donors (Lipinski definition) is 1. The average Bonchev–Trinajstić information content (AvgIpc) is 3.63.